The fourth-order valence-corrected chi connectivity index (χ4v) is 6.17. The van der Waals surface area contributed by atoms with E-state index in [1.54, 1.807) is 24.3 Å². The maximum atomic E-state index is 13.0. The van der Waals surface area contributed by atoms with Crippen LogP contribution in [0.4, 0.5) is 5.69 Å². The molecule has 4 aromatic carbocycles. The number of para-hydroxylation sites is 1. The number of carbonyl (C=O) groups excluding carboxylic acids is 1. The van der Waals surface area contributed by atoms with Crippen LogP contribution in [0.5, 0.6) is 0 Å². The summed E-state index contributed by atoms with van der Waals surface area (Å²) >= 11 is 1.46. The van der Waals surface area contributed by atoms with Crippen LogP contribution in [-0.2, 0) is 17.1 Å². The fraction of sp³-hybridized carbons (Fsp3) is 0.0769. The lowest BCUT2D eigenvalue weighted by Gasteiger charge is -2.19. The molecule has 170 valence electrons. The van der Waals surface area contributed by atoms with Gasteiger partial charge < -0.3 is 4.57 Å². The highest BCUT2D eigenvalue weighted by atomic mass is 32.2. The highest BCUT2D eigenvalue weighted by Gasteiger charge is 2.21. The van der Waals surface area contributed by atoms with Crippen molar-refractivity contribution < 1.29 is 13.2 Å². The second-order valence-electron chi connectivity index (χ2n) is 7.83. The van der Waals surface area contributed by atoms with Gasteiger partial charge in [-0.2, -0.15) is 4.99 Å². The Hall–Kier alpha value is -3.75. The van der Waals surface area contributed by atoms with Crippen LogP contribution in [0.25, 0.3) is 21.0 Å². The number of fused-ring (bicyclic) bond motifs is 3. The molecule has 0 fully saturated rings. The van der Waals surface area contributed by atoms with Gasteiger partial charge in [-0.05, 0) is 47.9 Å². The summed E-state index contributed by atoms with van der Waals surface area (Å²) in [5, 5.41) is 2.25. The van der Waals surface area contributed by atoms with Gasteiger partial charge in [0.15, 0.2) is 4.80 Å². The van der Waals surface area contributed by atoms with E-state index in [0.29, 0.717) is 16.1 Å². The van der Waals surface area contributed by atoms with Crippen LogP contribution in [0.1, 0.15) is 10.4 Å². The number of amides is 1. The topological polar surface area (TPSA) is 71.7 Å². The molecule has 0 saturated carbocycles. The van der Waals surface area contributed by atoms with Crippen LogP contribution in [0.2, 0.25) is 0 Å². The molecule has 8 heteroatoms. The molecule has 1 amide bonds. The molecule has 1 heterocycles. The molecule has 0 aliphatic rings. The third-order valence-electron chi connectivity index (χ3n) is 5.78. The number of anilines is 1. The Bertz CT molecular complexity index is 1700. The van der Waals surface area contributed by atoms with Crippen LogP contribution < -0.4 is 9.11 Å². The monoisotopic (exact) mass is 487 g/mol. The molecular weight excluding hydrogens is 466 g/mol. The number of hydrogen-bond acceptors (Lipinski definition) is 4. The smallest absolute Gasteiger partial charge is 0.279 e. The number of benzene rings is 4. The number of hydrogen-bond donors (Lipinski definition) is 0. The average Bonchev–Trinajstić information content (AvgIpc) is 3.19. The van der Waals surface area contributed by atoms with E-state index in [4.69, 9.17) is 0 Å². The predicted octanol–water partition coefficient (Wildman–Crippen LogP) is 4.96. The number of thiazole rings is 1. The molecule has 0 radical (unpaired) electrons. The summed E-state index contributed by atoms with van der Waals surface area (Å²) in [5.41, 5.74) is 1.88. The van der Waals surface area contributed by atoms with E-state index in [-0.39, 0.29) is 4.90 Å². The van der Waals surface area contributed by atoms with Gasteiger partial charge >= 0.3 is 0 Å². The second-order valence-corrected chi connectivity index (χ2v) is 10.8. The number of sulfonamides is 1. The summed E-state index contributed by atoms with van der Waals surface area (Å²) in [7, 11) is -0.361. The van der Waals surface area contributed by atoms with Gasteiger partial charge in [-0.3, -0.25) is 9.10 Å². The number of nitrogens with zero attached hydrogens (tertiary/aromatic N) is 3. The zero-order chi connectivity index (χ0) is 23.9. The Morgan fingerprint density at radius 2 is 1.56 bits per heavy atom. The second kappa shape index (κ2) is 8.55. The van der Waals surface area contributed by atoms with Crippen molar-refractivity contribution >= 4 is 53.9 Å². The maximum absolute atomic E-state index is 13.0. The first-order valence-electron chi connectivity index (χ1n) is 10.6. The standard InChI is InChI=1S/C26H21N3O3S2/c1-28-23-17-14-18-8-6-7-11-22(18)24(23)33-26(28)27-25(30)19-12-15-21(16-13-19)34(31,32)29(2)20-9-4-3-5-10-20/h3-17H,1-2H3. The molecule has 0 atom stereocenters. The highest BCUT2D eigenvalue weighted by Crippen LogP contribution is 2.27. The molecule has 34 heavy (non-hydrogen) atoms. The van der Waals surface area contributed by atoms with Gasteiger partial charge in [-0.25, -0.2) is 8.42 Å². The molecule has 0 aliphatic carbocycles. The number of aryl methyl sites for hydroxylation is 1. The first kappa shape index (κ1) is 22.1. The van der Waals surface area contributed by atoms with E-state index < -0.39 is 15.9 Å². The third-order valence-corrected chi connectivity index (χ3v) is 8.76. The quantitative estimate of drug-likeness (QED) is 0.360. The number of carbonyl (C=O) groups is 1. The van der Waals surface area contributed by atoms with Crippen LogP contribution >= 0.6 is 11.3 Å². The minimum atomic E-state index is -3.75. The van der Waals surface area contributed by atoms with Crippen molar-refractivity contribution in [3.8, 4) is 0 Å². The van der Waals surface area contributed by atoms with Crippen molar-refractivity contribution in [2.24, 2.45) is 12.0 Å². The summed E-state index contributed by atoms with van der Waals surface area (Å²) in [6.45, 7) is 0. The number of aromatic nitrogens is 1. The van der Waals surface area contributed by atoms with Crippen molar-refractivity contribution in [1.82, 2.24) is 4.57 Å². The van der Waals surface area contributed by atoms with Gasteiger partial charge in [0.2, 0.25) is 0 Å². The summed E-state index contributed by atoms with van der Waals surface area (Å²) in [4.78, 5) is 17.9. The Kier molecular flexibility index (Phi) is 5.55. The van der Waals surface area contributed by atoms with Gasteiger partial charge in [0.25, 0.3) is 15.9 Å². The first-order chi connectivity index (χ1) is 16.4. The van der Waals surface area contributed by atoms with Crippen molar-refractivity contribution in [3.05, 3.63) is 101 Å². The molecule has 0 bridgehead atoms. The molecular formula is C26H21N3O3S2. The molecule has 0 spiro atoms. The lowest BCUT2D eigenvalue weighted by atomic mass is 10.1. The Morgan fingerprint density at radius 3 is 2.29 bits per heavy atom. The van der Waals surface area contributed by atoms with E-state index in [1.165, 1.54) is 47.0 Å². The van der Waals surface area contributed by atoms with Crippen LogP contribution in [-0.4, -0.2) is 25.9 Å². The van der Waals surface area contributed by atoms with Gasteiger partial charge in [-0.15, -0.1) is 0 Å². The Morgan fingerprint density at radius 1 is 0.882 bits per heavy atom. The normalized spacial score (nSPS) is 12.4. The van der Waals surface area contributed by atoms with E-state index in [9.17, 15) is 13.2 Å². The van der Waals surface area contributed by atoms with Gasteiger partial charge in [0.1, 0.15) is 0 Å². The average molecular weight is 488 g/mol. The molecule has 1 aromatic heterocycles. The molecule has 6 nitrogen and oxygen atoms in total. The number of rotatable bonds is 4. The highest BCUT2D eigenvalue weighted by molar-refractivity contribution is 7.92. The molecule has 0 unspecified atom stereocenters. The fourth-order valence-electron chi connectivity index (χ4n) is 3.82. The predicted molar refractivity (Wildman–Crippen MR) is 137 cm³/mol. The lowest BCUT2D eigenvalue weighted by Crippen LogP contribution is -2.26. The maximum Gasteiger partial charge on any atom is 0.279 e. The van der Waals surface area contributed by atoms with E-state index in [1.807, 2.05) is 35.9 Å². The largest absolute Gasteiger partial charge is 0.319 e. The van der Waals surface area contributed by atoms with E-state index in [0.717, 1.165) is 21.0 Å². The van der Waals surface area contributed by atoms with Crippen LogP contribution in [0.3, 0.4) is 0 Å². The zero-order valence-electron chi connectivity index (χ0n) is 18.5. The van der Waals surface area contributed by atoms with Gasteiger partial charge in [0, 0.05) is 25.0 Å². The van der Waals surface area contributed by atoms with Gasteiger partial charge in [-0.1, -0.05) is 59.9 Å². The van der Waals surface area contributed by atoms with Crippen molar-refractivity contribution in [2.45, 2.75) is 4.90 Å². The third kappa shape index (κ3) is 3.81. The zero-order valence-corrected chi connectivity index (χ0v) is 20.2. The van der Waals surface area contributed by atoms with E-state index >= 15 is 0 Å². The van der Waals surface area contributed by atoms with Crippen molar-refractivity contribution in [2.75, 3.05) is 11.4 Å². The molecule has 0 aliphatic heterocycles. The molecule has 0 N–H and O–H groups in total. The summed E-state index contributed by atoms with van der Waals surface area (Å²) in [5.74, 6) is -0.424. The molecule has 5 aromatic rings. The SMILES string of the molecule is CN(c1ccccc1)S(=O)(=O)c1ccc(C(=O)N=c2sc3c4ccccc4ccc3n2C)cc1. The minimum absolute atomic E-state index is 0.106. The minimum Gasteiger partial charge on any atom is -0.319 e. The van der Waals surface area contributed by atoms with Crippen LogP contribution in [0.15, 0.2) is 101 Å². The Labute approximate surface area is 201 Å². The van der Waals surface area contributed by atoms with Crippen LogP contribution in [0, 0.1) is 0 Å². The first-order valence-corrected chi connectivity index (χ1v) is 12.8. The van der Waals surface area contributed by atoms with E-state index in [2.05, 4.69) is 23.2 Å². The summed E-state index contributed by atoms with van der Waals surface area (Å²) in [6.07, 6.45) is 0. The molecule has 0 saturated heterocycles. The van der Waals surface area contributed by atoms with Crippen molar-refractivity contribution in [3.63, 3.8) is 0 Å². The van der Waals surface area contributed by atoms with Gasteiger partial charge in [0.05, 0.1) is 20.8 Å². The van der Waals surface area contributed by atoms with Crippen molar-refractivity contribution in [1.29, 1.82) is 0 Å². The summed E-state index contributed by atoms with van der Waals surface area (Å²) in [6, 6.07) is 26.9. The molecule has 5 rings (SSSR count). The Balaban J connectivity index is 1.48. The summed E-state index contributed by atoms with van der Waals surface area (Å²) < 4.78 is 30.1. The lowest BCUT2D eigenvalue weighted by molar-refractivity contribution is 0.0998.